The lowest BCUT2D eigenvalue weighted by atomic mass is 9.91. The summed E-state index contributed by atoms with van der Waals surface area (Å²) in [6, 6.07) is 29.8. The normalized spacial score (nSPS) is 23.5. The molecule has 3 aliphatic rings. The number of rotatable bonds is 6. The summed E-state index contributed by atoms with van der Waals surface area (Å²) in [5.41, 5.74) is 6.32. The lowest BCUT2D eigenvalue weighted by molar-refractivity contribution is 0.348. The molecule has 1 aliphatic carbocycles. The van der Waals surface area contributed by atoms with Crippen molar-refractivity contribution in [1.82, 2.24) is 14.5 Å². The minimum absolute atomic E-state index is 0.533. The molecule has 4 unspecified atom stereocenters. The Morgan fingerprint density at radius 3 is 2.41 bits per heavy atom. The predicted molar refractivity (Wildman–Crippen MR) is 184 cm³/mol. The second-order valence-electron chi connectivity index (χ2n) is 13.5. The molecule has 44 heavy (non-hydrogen) atoms. The van der Waals surface area contributed by atoms with E-state index in [4.69, 9.17) is 9.97 Å². The van der Waals surface area contributed by atoms with E-state index in [1.807, 2.05) is 0 Å². The molecule has 8 rings (SSSR count). The smallest absolute Gasteiger partial charge is 0.233 e. The Hall–Kier alpha value is -4.12. The Kier molecular flexibility index (Phi) is 6.92. The van der Waals surface area contributed by atoms with Crippen LogP contribution in [0.15, 0.2) is 90.6 Å². The average Bonchev–Trinajstić information content (AvgIpc) is 3.61. The third-order valence-corrected chi connectivity index (χ3v) is 10.5. The molecule has 3 aromatic carbocycles. The predicted octanol–water partition coefficient (Wildman–Crippen LogP) is 9.54. The van der Waals surface area contributed by atoms with Gasteiger partial charge < -0.3 is 9.80 Å². The molecule has 2 fully saturated rings. The maximum absolute atomic E-state index is 5.41. The van der Waals surface area contributed by atoms with Crippen LogP contribution >= 0.6 is 0 Å². The number of benzene rings is 3. The van der Waals surface area contributed by atoms with Gasteiger partial charge in [-0.3, -0.25) is 4.57 Å². The molecular weight excluding hydrogens is 538 g/mol. The van der Waals surface area contributed by atoms with Crippen molar-refractivity contribution in [3.05, 3.63) is 90.6 Å². The summed E-state index contributed by atoms with van der Waals surface area (Å²) in [5, 5.41) is 2.51. The highest BCUT2D eigenvalue weighted by Gasteiger charge is 2.40. The lowest BCUT2D eigenvalue weighted by Crippen LogP contribution is -2.46. The Morgan fingerprint density at radius 2 is 1.57 bits per heavy atom. The van der Waals surface area contributed by atoms with E-state index in [-0.39, 0.29) is 0 Å². The first-order valence-electron chi connectivity index (χ1n) is 16.8. The molecule has 224 valence electrons. The first kappa shape index (κ1) is 27.4. The van der Waals surface area contributed by atoms with Crippen molar-refractivity contribution in [2.75, 3.05) is 16.3 Å². The lowest BCUT2D eigenvalue weighted by Gasteiger charge is -2.42. The molecule has 5 heteroatoms. The van der Waals surface area contributed by atoms with E-state index in [1.165, 1.54) is 64.2 Å². The van der Waals surface area contributed by atoms with Crippen LogP contribution < -0.4 is 9.80 Å². The SMILES string of the molecule is CCC1=CN(c2nc(N3C(CC)CC4CCC3C4)cc(-n3c4ccccc4c4cc(-c5ccccc5)ccc43)n2)CC(C)C1. The van der Waals surface area contributed by atoms with E-state index in [9.17, 15) is 0 Å². The number of hydrogen-bond donors (Lipinski definition) is 0. The number of allylic oxidation sites excluding steroid dienone is 1. The van der Waals surface area contributed by atoms with Gasteiger partial charge in [0.05, 0.1) is 11.0 Å². The molecule has 2 bridgehead atoms. The number of anilines is 2. The molecule has 4 heterocycles. The van der Waals surface area contributed by atoms with Crippen molar-refractivity contribution in [2.45, 2.75) is 77.8 Å². The van der Waals surface area contributed by atoms with Gasteiger partial charge in [0.25, 0.3) is 0 Å². The van der Waals surface area contributed by atoms with Crippen LogP contribution in [0.3, 0.4) is 0 Å². The van der Waals surface area contributed by atoms with Crippen molar-refractivity contribution in [2.24, 2.45) is 11.8 Å². The van der Waals surface area contributed by atoms with Crippen LogP contribution in [0.25, 0.3) is 38.8 Å². The number of para-hydroxylation sites is 1. The molecule has 5 aromatic rings. The summed E-state index contributed by atoms with van der Waals surface area (Å²) in [6.45, 7) is 7.92. The van der Waals surface area contributed by atoms with Gasteiger partial charge in [0.15, 0.2) is 0 Å². The topological polar surface area (TPSA) is 37.2 Å². The minimum atomic E-state index is 0.533. The first-order chi connectivity index (χ1) is 21.6. The van der Waals surface area contributed by atoms with Crippen molar-refractivity contribution in [1.29, 1.82) is 0 Å². The standard InChI is InChI=1S/C39H43N5/c1-4-27-19-26(3)24-42(25-27)39-40-37(43-31(5-2)20-28-15-17-32(43)21-28)23-38(41-39)44-35-14-10-9-13-33(35)34-22-30(16-18-36(34)44)29-11-7-6-8-12-29/h6-14,16,18,22-23,25-26,28,31-32H,4-5,15,17,19-21,24H2,1-3H3. The molecule has 5 nitrogen and oxygen atoms in total. The van der Waals surface area contributed by atoms with Gasteiger partial charge in [-0.15, -0.1) is 0 Å². The number of fused-ring (bicyclic) bond motifs is 5. The molecule has 2 aromatic heterocycles. The maximum atomic E-state index is 5.41. The molecule has 2 aliphatic heterocycles. The van der Waals surface area contributed by atoms with Crippen LogP contribution in [0.2, 0.25) is 0 Å². The molecule has 0 amide bonds. The minimum Gasteiger partial charge on any atom is -0.350 e. The molecule has 1 saturated carbocycles. The number of nitrogens with zero attached hydrogens (tertiary/aromatic N) is 5. The fourth-order valence-corrected chi connectivity index (χ4v) is 8.41. The zero-order chi connectivity index (χ0) is 29.8. The second kappa shape index (κ2) is 11.1. The summed E-state index contributed by atoms with van der Waals surface area (Å²) in [7, 11) is 0. The fraction of sp³-hybridized carbons (Fsp3) is 0.385. The van der Waals surface area contributed by atoms with E-state index in [0.29, 0.717) is 18.0 Å². The van der Waals surface area contributed by atoms with Crippen molar-refractivity contribution >= 4 is 33.6 Å². The van der Waals surface area contributed by atoms with Crippen LogP contribution in [0.5, 0.6) is 0 Å². The van der Waals surface area contributed by atoms with E-state index >= 15 is 0 Å². The Morgan fingerprint density at radius 1 is 0.773 bits per heavy atom. The van der Waals surface area contributed by atoms with Crippen molar-refractivity contribution in [3.63, 3.8) is 0 Å². The zero-order valence-electron chi connectivity index (χ0n) is 26.3. The van der Waals surface area contributed by atoms with Crippen molar-refractivity contribution < 1.29 is 0 Å². The number of hydrogen-bond acceptors (Lipinski definition) is 4. The van der Waals surface area contributed by atoms with Crippen LogP contribution in [0, 0.1) is 11.8 Å². The molecule has 0 N–H and O–H groups in total. The van der Waals surface area contributed by atoms with E-state index < -0.39 is 0 Å². The second-order valence-corrected chi connectivity index (χ2v) is 13.5. The van der Waals surface area contributed by atoms with Crippen LogP contribution in [0.4, 0.5) is 11.8 Å². The number of piperidine rings is 1. The van der Waals surface area contributed by atoms with Gasteiger partial charge in [-0.05, 0) is 86.1 Å². The Labute approximate surface area is 261 Å². The Balaban J connectivity index is 1.35. The largest absolute Gasteiger partial charge is 0.350 e. The fourth-order valence-electron chi connectivity index (χ4n) is 8.41. The summed E-state index contributed by atoms with van der Waals surface area (Å²) in [6.07, 6.45) is 10.9. The summed E-state index contributed by atoms with van der Waals surface area (Å²) >= 11 is 0. The van der Waals surface area contributed by atoms with Gasteiger partial charge >= 0.3 is 0 Å². The van der Waals surface area contributed by atoms with Crippen LogP contribution in [-0.4, -0.2) is 33.2 Å². The third-order valence-electron chi connectivity index (χ3n) is 10.5. The quantitative estimate of drug-likeness (QED) is 0.200. The molecule has 4 atom stereocenters. The van der Waals surface area contributed by atoms with Gasteiger partial charge in [-0.2, -0.15) is 9.97 Å². The van der Waals surface area contributed by atoms with Gasteiger partial charge in [-0.1, -0.05) is 80.9 Å². The zero-order valence-corrected chi connectivity index (χ0v) is 26.3. The van der Waals surface area contributed by atoms with Crippen LogP contribution in [0.1, 0.15) is 65.7 Å². The molecule has 0 radical (unpaired) electrons. The van der Waals surface area contributed by atoms with E-state index in [0.717, 1.165) is 49.3 Å². The highest BCUT2D eigenvalue weighted by molar-refractivity contribution is 6.10. The van der Waals surface area contributed by atoms with Gasteiger partial charge in [-0.25, -0.2) is 0 Å². The first-order valence-corrected chi connectivity index (χ1v) is 16.8. The molecule has 1 saturated heterocycles. The van der Waals surface area contributed by atoms with Crippen LogP contribution in [-0.2, 0) is 0 Å². The van der Waals surface area contributed by atoms with E-state index in [2.05, 4.69) is 120 Å². The number of aromatic nitrogens is 3. The van der Waals surface area contributed by atoms with Crippen molar-refractivity contribution in [3.8, 4) is 16.9 Å². The van der Waals surface area contributed by atoms with Gasteiger partial charge in [0, 0.05) is 41.7 Å². The summed E-state index contributed by atoms with van der Waals surface area (Å²) < 4.78 is 2.38. The van der Waals surface area contributed by atoms with Gasteiger partial charge in [0.2, 0.25) is 5.95 Å². The monoisotopic (exact) mass is 581 g/mol. The maximum Gasteiger partial charge on any atom is 0.233 e. The molecule has 0 spiro atoms. The summed E-state index contributed by atoms with van der Waals surface area (Å²) in [5.74, 6) is 4.33. The Bertz CT molecular complexity index is 1850. The summed E-state index contributed by atoms with van der Waals surface area (Å²) in [4.78, 5) is 15.8. The highest BCUT2D eigenvalue weighted by atomic mass is 15.3. The van der Waals surface area contributed by atoms with Gasteiger partial charge in [0.1, 0.15) is 11.6 Å². The third kappa shape index (κ3) is 4.68. The molecular formula is C39H43N5. The van der Waals surface area contributed by atoms with E-state index in [1.54, 1.807) is 0 Å². The highest BCUT2D eigenvalue weighted by Crippen LogP contribution is 2.44. The average molecular weight is 582 g/mol.